The number of rotatable bonds is 8. The molecule has 55 heavy (non-hydrogen) atoms. The van der Waals surface area contributed by atoms with Crippen LogP contribution < -0.4 is 9.80 Å². The van der Waals surface area contributed by atoms with Crippen molar-refractivity contribution in [2.45, 2.75) is 44.9 Å². The van der Waals surface area contributed by atoms with Gasteiger partial charge in [-0.1, -0.05) is 149 Å². The molecule has 2 nitrogen and oxygen atoms in total. The summed E-state index contributed by atoms with van der Waals surface area (Å²) >= 11 is 0. The van der Waals surface area contributed by atoms with E-state index in [0.29, 0.717) is 0 Å². The van der Waals surface area contributed by atoms with Crippen molar-refractivity contribution in [1.82, 2.24) is 0 Å². The Morgan fingerprint density at radius 1 is 0.309 bits per heavy atom. The van der Waals surface area contributed by atoms with Crippen LogP contribution in [0.2, 0.25) is 0 Å². The number of para-hydroxylation sites is 1. The lowest BCUT2D eigenvalue weighted by atomic mass is 9.82. The van der Waals surface area contributed by atoms with Gasteiger partial charge in [-0.3, -0.25) is 0 Å². The van der Waals surface area contributed by atoms with E-state index in [0.717, 1.165) is 34.9 Å². The third kappa shape index (κ3) is 6.59. The number of nitrogens with zero attached hydrogens (tertiary/aromatic N) is 2. The predicted octanol–water partition coefficient (Wildman–Crippen LogP) is 15.1. The molecule has 9 rings (SSSR count). The van der Waals surface area contributed by atoms with Crippen molar-refractivity contribution in [3.63, 3.8) is 0 Å². The van der Waals surface area contributed by atoms with Crippen molar-refractivity contribution >= 4 is 44.9 Å². The van der Waals surface area contributed by atoms with Crippen LogP contribution in [0.3, 0.4) is 0 Å². The zero-order valence-corrected chi connectivity index (χ0v) is 32.1. The van der Waals surface area contributed by atoms with Crippen LogP contribution >= 0.6 is 0 Å². The molecule has 8 aromatic rings. The normalized spacial score (nSPS) is 14.0. The van der Waals surface area contributed by atoms with Gasteiger partial charge in [0.2, 0.25) is 0 Å². The summed E-state index contributed by atoms with van der Waals surface area (Å²) in [6.45, 7) is 9.55. The molecule has 0 radical (unpaired) electrons. The molecule has 2 heteroatoms. The van der Waals surface area contributed by atoms with E-state index in [9.17, 15) is 0 Å². The van der Waals surface area contributed by atoms with Crippen molar-refractivity contribution < 1.29 is 0 Å². The monoisotopic (exact) mass is 710 g/mol. The Balaban J connectivity index is 1.06. The largest absolute Gasteiger partial charge is 0.310 e. The lowest BCUT2D eigenvalue weighted by Crippen LogP contribution is -2.18. The van der Waals surface area contributed by atoms with E-state index in [1.54, 1.807) is 0 Å². The fourth-order valence-electron chi connectivity index (χ4n) is 8.94. The van der Waals surface area contributed by atoms with Crippen LogP contribution in [0, 0.1) is 0 Å². The number of hydrogen-bond donors (Lipinski definition) is 0. The molecule has 1 aliphatic carbocycles. The molecule has 0 amide bonds. The molecule has 0 N–H and O–H groups in total. The van der Waals surface area contributed by atoms with E-state index in [-0.39, 0.29) is 10.8 Å². The highest BCUT2D eigenvalue weighted by atomic mass is 15.1. The molecule has 0 unspecified atom stereocenters. The number of hydrogen-bond acceptors (Lipinski definition) is 2. The van der Waals surface area contributed by atoms with E-state index in [1.165, 1.54) is 49.8 Å². The Hall–Kier alpha value is -6.38. The molecule has 268 valence electrons. The summed E-state index contributed by atoms with van der Waals surface area (Å²) < 4.78 is 0. The summed E-state index contributed by atoms with van der Waals surface area (Å²) in [5, 5.41) is 2.47. The molecule has 8 aromatic carbocycles. The summed E-state index contributed by atoms with van der Waals surface area (Å²) in [7, 11) is 0. The molecule has 0 atom stereocenters. The van der Waals surface area contributed by atoms with E-state index in [1.807, 2.05) is 0 Å². The van der Waals surface area contributed by atoms with Gasteiger partial charge in [0.1, 0.15) is 0 Å². The van der Waals surface area contributed by atoms with Gasteiger partial charge < -0.3 is 9.80 Å². The Kier molecular flexibility index (Phi) is 8.63. The fourth-order valence-corrected chi connectivity index (χ4v) is 8.94. The Bertz CT molecular complexity index is 2590. The fraction of sp³-hybridized carbons (Fsp3) is 0.132. The van der Waals surface area contributed by atoms with Gasteiger partial charge in [0.05, 0.1) is 0 Å². The van der Waals surface area contributed by atoms with E-state index < -0.39 is 0 Å². The molecule has 0 saturated heterocycles. The van der Waals surface area contributed by atoms with Crippen molar-refractivity contribution in [1.29, 1.82) is 0 Å². The van der Waals surface area contributed by atoms with Crippen LogP contribution in [0.5, 0.6) is 0 Å². The van der Waals surface area contributed by atoms with Crippen molar-refractivity contribution in [2.75, 3.05) is 9.80 Å². The first-order valence-corrected chi connectivity index (χ1v) is 19.4. The van der Waals surface area contributed by atoms with Crippen LogP contribution in [-0.2, 0) is 10.8 Å². The van der Waals surface area contributed by atoms with Gasteiger partial charge in [0.15, 0.2) is 0 Å². The molecule has 0 aromatic heterocycles. The maximum absolute atomic E-state index is 2.44. The third-order valence-corrected chi connectivity index (χ3v) is 11.4. The minimum Gasteiger partial charge on any atom is -0.310 e. The van der Waals surface area contributed by atoms with Crippen LogP contribution in [0.4, 0.5) is 34.1 Å². The average molecular weight is 711 g/mol. The van der Waals surface area contributed by atoms with Crippen molar-refractivity contribution in [2.24, 2.45) is 0 Å². The summed E-state index contributed by atoms with van der Waals surface area (Å²) in [6.07, 6.45) is 1.14. The predicted molar refractivity (Wildman–Crippen MR) is 235 cm³/mol. The van der Waals surface area contributed by atoms with Crippen LogP contribution in [0.15, 0.2) is 194 Å². The van der Waals surface area contributed by atoms with Gasteiger partial charge in [-0.05, 0) is 134 Å². The van der Waals surface area contributed by atoms with Gasteiger partial charge in [-0.25, -0.2) is 0 Å². The Morgan fingerprint density at radius 2 is 0.691 bits per heavy atom. The molecular formula is C53H46N2. The van der Waals surface area contributed by atoms with Gasteiger partial charge in [0, 0.05) is 34.1 Å². The molecule has 1 aliphatic rings. The lowest BCUT2D eigenvalue weighted by molar-refractivity contribution is 0.403. The standard InChI is InChI=1S/C53H46N2/c1-52(2)37-53(3,4)51-36-49(33-34-50(51)52)55(46-26-19-40(20-27-46)38-13-7-5-8-14-38)47-30-23-42(24-31-47)41-21-28-45(29-22-41)54(44-17-9-6-10-18-44)48-32-25-39-15-11-12-16-43(39)35-48/h5-36H,37H2,1-4H3. The second-order valence-corrected chi connectivity index (χ2v) is 16.2. The second-order valence-electron chi connectivity index (χ2n) is 16.2. The number of anilines is 6. The van der Waals surface area contributed by atoms with Gasteiger partial charge in [0.25, 0.3) is 0 Å². The summed E-state index contributed by atoms with van der Waals surface area (Å²) in [4.78, 5) is 4.74. The molecular weight excluding hydrogens is 665 g/mol. The summed E-state index contributed by atoms with van der Waals surface area (Å²) in [6, 6.07) is 70.6. The van der Waals surface area contributed by atoms with Crippen LogP contribution in [0.25, 0.3) is 33.0 Å². The first-order valence-electron chi connectivity index (χ1n) is 19.4. The van der Waals surface area contributed by atoms with Crippen LogP contribution in [-0.4, -0.2) is 0 Å². The molecule has 0 fully saturated rings. The molecule has 0 heterocycles. The van der Waals surface area contributed by atoms with Crippen molar-refractivity contribution in [3.8, 4) is 22.3 Å². The SMILES string of the molecule is CC1(C)CC(C)(C)c2cc(N(c3ccc(-c4ccccc4)cc3)c3ccc(-c4ccc(N(c5ccccc5)c5ccc6ccccc6c5)cc4)cc3)ccc21. The highest BCUT2D eigenvalue weighted by Gasteiger charge is 2.42. The zero-order valence-electron chi connectivity index (χ0n) is 32.1. The maximum Gasteiger partial charge on any atom is 0.0468 e. The topological polar surface area (TPSA) is 6.48 Å². The van der Waals surface area contributed by atoms with Crippen molar-refractivity contribution in [3.05, 3.63) is 205 Å². The highest BCUT2D eigenvalue weighted by molar-refractivity contribution is 5.89. The molecule has 0 aliphatic heterocycles. The van der Waals surface area contributed by atoms with E-state index >= 15 is 0 Å². The Morgan fingerprint density at radius 3 is 1.24 bits per heavy atom. The quantitative estimate of drug-likeness (QED) is 0.155. The molecule has 0 saturated carbocycles. The van der Waals surface area contributed by atoms with Gasteiger partial charge in [-0.15, -0.1) is 0 Å². The summed E-state index contributed by atoms with van der Waals surface area (Å²) in [5.74, 6) is 0. The average Bonchev–Trinajstić information content (AvgIpc) is 3.41. The van der Waals surface area contributed by atoms with Crippen LogP contribution in [0.1, 0.15) is 45.2 Å². The third-order valence-electron chi connectivity index (χ3n) is 11.4. The minimum absolute atomic E-state index is 0.109. The molecule has 0 spiro atoms. The van der Waals surface area contributed by atoms with E-state index in [4.69, 9.17) is 0 Å². The van der Waals surface area contributed by atoms with E-state index in [2.05, 4.69) is 232 Å². The summed E-state index contributed by atoms with van der Waals surface area (Å²) in [5.41, 5.74) is 14.8. The number of benzene rings is 8. The smallest absolute Gasteiger partial charge is 0.0468 e. The lowest BCUT2D eigenvalue weighted by Gasteiger charge is -2.28. The first kappa shape index (κ1) is 34.4. The Labute approximate surface area is 326 Å². The highest BCUT2D eigenvalue weighted by Crippen LogP contribution is 2.51. The van der Waals surface area contributed by atoms with Gasteiger partial charge >= 0.3 is 0 Å². The second kappa shape index (κ2) is 13.8. The first-order chi connectivity index (χ1) is 26.7. The molecule has 0 bridgehead atoms. The maximum atomic E-state index is 2.44. The minimum atomic E-state index is 0.109. The zero-order chi connectivity index (χ0) is 37.6. The van der Waals surface area contributed by atoms with Gasteiger partial charge in [-0.2, -0.15) is 0 Å². The number of fused-ring (bicyclic) bond motifs is 2.